The maximum atomic E-state index is 12.4. The fraction of sp³-hybridized carbons (Fsp3) is 0.250. The van der Waals surface area contributed by atoms with Crippen LogP contribution in [0.1, 0.15) is 15.2 Å². The van der Waals surface area contributed by atoms with Crippen LogP contribution in [-0.4, -0.2) is 39.5 Å². The number of nitrogens with one attached hydrogen (secondary N) is 2. The number of nitrogens with two attached hydrogens (primary N) is 1. The molecule has 158 valence electrons. The van der Waals surface area contributed by atoms with Crippen LogP contribution in [0, 0.1) is 0 Å². The molecule has 0 bridgehead atoms. The first-order chi connectivity index (χ1) is 13.7. The number of carbonyl (C=O) groups excluding carboxylic acids is 2. The van der Waals surface area contributed by atoms with Crippen molar-refractivity contribution < 1.29 is 22.7 Å². The van der Waals surface area contributed by atoms with Gasteiger partial charge in [-0.2, -0.15) is 0 Å². The van der Waals surface area contributed by atoms with Gasteiger partial charge in [-0.3, -0.25) is 14.7 Å². The largest absolute Gasteiger partial charge is 0.496 e. The zero-order valence-corrected chi connectivity index (χ0v) is 19.4. The molecular weight excluding hydrogens is 478 g/mol. The molecule has 0 saturated carbocycles. The number of benzene rings is 1. The number of thiophene rings is 1. The van der Waals surface area contributed by atoms with Gasteiger partial charge >= 0.3 is 5.24 Å². The number of carbonyl (C=O) groups is 2. The number of sulfonamides is 1. The predicted octanol–water partition coefficient (Wildman–Crippen LogP) is 3.11. The third kappa shape index (κ3) is 6.27. The molecule has 0 radical (unpaired) electrons. The Bertz CT molecular complexity index is 1010. The van der Waals surface area contributed by atoms with Crippen molar-refractivity contribution in [1.82, 2.24) is 10.0 Å². The van der Waals surface area contributed by atoms with Crippen molar-refractivity contribution in [3.8, 4) is 5.75 Å². The third-order valence-corrected chi connectivity index (χ3v) is 8.33. The van der Waals surface area contributed by atoms with Crippen molar-refractivity contribution in [3.63, 3.8) is 0 Å². The quantitative estimate of drug-likeness (QED) is 0.376. The molecule has 0 aliphatic rings. The van der Waals surface area contributed by atoms with Gasteiger partial charge in [0.05, 0.1) is 12.7 Å². The lowest BCUT2D eigenvalue weighted by atomic mass is 10.2. The van der Waals surface area contributed by atoms with E-state index in [1.165, 1.54) is 24.9 Å². The van der Waals surface area contributed by atoms with E-state index in [-0.39, 0.29) is 28.6 Å². The number of thioether (sulfide) groups is 1. The highest BCUT2D eigenvalue weighted by molar-refractivity contribution is 8.13. The molecule has 0 saturated heterocycles. The molecule has 8 nitrogen and oxygen atoms in total. The Balaban J connectivity index is 2.09. The number of halogens is 1. The Morgan fingerprint density at radius 2 is 2.03 bits per heavy atom. The summed E-state index contributed by atoms with van der Waals surface area (Å²) in [6.45, 7) is 0.271. The summed E-state index contributed by atoms with van der Waals surface area (Å²) in [7, 11) is -2.56. The second kappa shape index (κ2) is 10.5. The molecule has 0 aliphatic carbocycles. The number of rotatable bonds is 8. The fourth-order valence-electron chi connectivity index (χ4n) is 2.29. The summed E-state index contributed by atoms with van der Waals surface area (Å²) in [5, 5.41) is 7.39. The minimum Gasteiger partial charge on any atom is -0.496 e. The normalized spacial score (nSPS) is 11.2. The van der Waals surface area contributed by atoms with E-state index in [0.29, 0.717) is 27.7 Å². The summed E-state index contributed by atoms with van der Waals surface area (Å²) < 4.78 is 31.8. The maximum absolute atomic E-state index is 12.4. The van der Waals surface area contributed by atoms with Gasteiger partial charge < -0.3 is 10.1 Å². The van der Waals surface area contributed by atoms with Crippen LogP contribution >= 0.6 is 46.6 Å². The smallest absolute Gasteiger partial charge is 0.307 e. The zero-order chi connectivity index (χ0) is 21.6. The van der Waals surface area contributed by atoms with Crippen LogP contribution < -0.4 is 19.9 Å². The third-order valence-electron chi connectivity index (χ3n) is 3.57. The molecule has 13 heteroatoms. The van der Waals surface area contributed by atoms with Crippen LogP contribution in [0.3, 0.4) is 0 Å². The van der Waals surface area contributed by atoms with Crippen molar-refractivity contribution >= 4 is 67.8 Å². The fourth-order valence-corrected chi connectivity index (χ4v) is 6.74. The van der Waals surface area contributed by atoms with Crippen LogP contribution in [0.4, 0.5) is 4.79 Å². The van der Waals surface area contributed by atoms with Crippen molar-refractivity contribution in [3.05, 3.63) is 39.7 Å². The van der Waals surface area contributed by atoms with Gasteiger partial charge in [-0.1, -0.05) is 11.6 Å². The van der Waals surface area contributed by atoms with Crippen LogP contribution in [0.5, 0.6) is 5.75 Å². The van der Waals surface area contributed by atoms with Crippen molar-refractivity contribution in [2.24, 2.45) is 5.14 Å². The highest BCUT2D eigenvalue weighted by Gasteiger charge is 2.24. The van der Waals surface area contributed by atoms with E-state index >= 15 is 0 Å². The van der Waals surface area contributed by atoms with E-state index in [0.717, 1.165) is 16.2 Å². The van der Waals surface area contributed by atoms with Crippen LogP contribution in [0.2, 0.25) is 5.02 Å². The zero-order valence-electron chi connectivity index (χ0n) is 15.4. The molecule has 0 aliphatic heterocycles. The molecule has 1 aromatic heterocycles. The second-order valence-corrected chi connectivity index (χ2v) is 10.3. The van der Waals surface area contributed by atoms with Gasteiger partial charge in [0.25, 0.3) is 15.9 Å². The number of hydrogen-bond acceptors (Lipinski definition) is 9. The van der Waals surface area contributed by atoms with E-state index < -0.39 is 15.3 Å². The maximum Gasteiger partial charge on any atom is 0.307 e. The highest BCUT2D eigenvalue weighted by atomic mass is 35.5. The highest BCUT2D eigenvalue weighted by Crippen LogP contribution is 2.34. The Labute approximate surface area is 186 Å². The Hall–Kier alpha value is -1.44. The van der Waals surface area contributed by atoms with Gasteiger partial charge in [0.15, 0.2) is 4.21 Å². The molecule has 1 heterocycles. The Morgan fingerprint density at radius 1 is 1.31 bits per heavy atom. The van der Waals surface area contributed by atoms with Gasteiger partial charge in [0, 0.05) is 33.3 Å². The number of hydrogen-bond donors (Lipinski definition) is 3. The molecule has 29 heavy (non-hydrogen) atoms. The van der Waals surface area contributed by atoms with E-state index in [2.05, 4.69) is 5.32 Å². The van der Waals surface area contributed by atoms with Gasteiger partial charge in [-0.15, -0.1) is 23.1 Å². The van der Waals surface area contributed by atoms with E-state index in [4.69, 9.17) is 21.5 Å². The van der Waals surface area contributed by atoms with Crippen molar-refractivity contribution in [2.75, 3.05) is 19.9 Å². The van der Waals surface area contributed by atoms with Gasteiger partial charge in [0.1, 0.15) is 5.75 Å². The number of methoxy groups -OCH3 is 1. The molecule has 0 atom stereocenters. The summed E-state index contributed by atoms with van der Waals surface area (Å²) in [5.74, 6) is 0.0423. The van der Waals surface area contributed by atoms with Crippen LogP contribution in [0.15, 0.2) is 33.4 Å². The summed E-state index contributed by atoms with van der Waals surface area (Å²) in [4.78, 5) is 25.0. The van der Waals surface area contributed by atoms with Crippen molar-refractivity contribution in [2.45, 2.75) is 15.5 Å². The summed E-state index contributed by atoms with van der Waals surface area (Å²) in [5.41, 5.74) is 0.307. The average molecular weight is 496 g/mol. The van der Waals surface area contributed by atoms with Gasteiger partial charge in [0.2, 0.25) is 0 Å². The second-order valence-electron chi connectivity index (χ2n) is 5.43. The lowest BCUT2D eigenvalue weighted by Gasteiger charge is -2.09. The molecular formula is C16H18ClN3O5S4. The predicted molar refractivity (Wildman–Crippen MR) is 118 cm³/mol. The molecule has 0 fully saturated rings. The molecule has 4 N–H and O–H groups in total. The summed E-state index contributed by atoms with van der Waals surface area (Å²) in [6.07, 6.45) is 2.14. The van der Waals surface area contributed by atoms with Crippen LogP contribution in [0.25, 0.3) is 0 Å². The Morgan fingerprint density at radius 3 is 2.66 bits per heavy atom. The van der Waals surface area contributed by atoms with E-state index in [1.54, 1.807) is 24.5 Å². The number of amides is 2. The first kappa shape index (κ1) is 23.8. The number of ether oxygens (including phenoxy) is 1. The molecule has 0 spiro atoms. The lowest BCUT2D eigenvalue weighted by molar-refractivity contribution is 0.0951. The molecule has 2 amide bonds. The average Bonchev–Trinajstić information content (AvgIpc) is 3.11. The Kier molecular flexibility index (Phi) is 8.67. The molecule has 0 unspecified atom stereocenters. The standard InChI is InChI=1S/C16H18ClN3O5S4/c1-25-12-4-3-9(17)7-11(12)14(21)19-6-5-10-8-13(26-2)15(27-10)29(23,24)20-16(22)28-18/h3-4,7-8H,5-6,18H2,1-2H3,(H,19,21)(H,20,22). The summed E-state index contributed by atoms with van der Waals surface area (Å²) in [6, 6.07) is 6.45. The lowest BCUT2D eigenvalue weighted by Crippen LogP contribution is -2.27. The molecule has 2 aromatic rings. The van der Waals surface area contributed by atoms with E-state index in [1.807, 2.05) is 4.72 Å². The van der Waals surface area contributed by atoms with Gasteiger partial charge in [-0.25, -0.2) is 13.1 Å². The monoisotopic (exact) mass is 495 g/mol. The SMILES string of the molecule is COc1ccc(Cl)cc1C(=O)NCCc1cc(SC)c(S(=O)(=O)NC(=O)SN)s1. The first-order valence-corrected chi connectivity index (χ1v) is 12.7. The molecule has 1 aromatic carbocycles. The molecule has 2 rings (SSSR count). The minimum absolute atomic E-state index is 0.0326. The summed E-state index contributed by atoms with van der Waals surface area (Å²) >= 11 is 8.50. The van der Waals surface area contributed by atoms with Crippen molar-refractivity contribution in [1.29, 1.82) is 0 Å². The van der Waals surface area contributed by atoms with E-state index in [9.17, 15) is 18.0 Å². The van der Waals surface area contributed by atoms with Crippen LogP contribution in [-0.2, 0) is 16.4 Å². The topological polar surface area (TPSA) is 128 Å². The minimum atomic E-state index is -4.01. The first-order valence-electron chi connectivity index (χ1n) is 7.93. The van der Waals surface area contributed by atoms with Gasteiger partial charge in [-0.05, 0) is 36.9 Å².